The highest BCUT2D eigenvalue weighted by Crippen LogP contribution is 2.39. The van der Waals surface area contributed by atoms with Gasteiger partial charge < -0.3 is 19.3 Å². The van der Waals surface area contributed by atoms with Crippen molar-refractivity contribution in [3.8, 4) is 17.2 Å². The van der Waals surface area contributed by atoms with E-state index in [4.69, 9.17) is 14.2 Å². The summed E-state index contributed by atoms with van der Waals surface area (Å²) in [7, 11) is 4.71. The van der Waals surface area contributed by atoms with Gasteiger partial charge in [0.05, 0.1) is 33.0 Å². The van der Waals surface area contributed by atoms with Crippen molar-refractivity contribution in [1.29, 1.82) is 0 Å². The molecule has 1 N–H and O–H groups in total. The number of rotatable bonds is 6. The van der Waals surface area contributed by atoms with Crippen LogP contribution in [0, 0.1) is 0 Å². The van der Waals surface area contributed by atoms with Crippen molar-refractivity contribution < 1.29 is 19.3 Å². The fraction of sp³-hybridized carbons (Fsp3) is 0.333. The SMILES string of the molecule is COc1cc(OC)c(C(O)Cc2ccsc2)c(OC)c1. The number of methoxy groups -OCH3 is 3. The Morgan fingerprint density at radius 2 is 1.75 bits per heavy atom. The van der Waals surface area contributed by atoms with Crippen LogP contribution in [0.4, 0.5) is 0 Å². The fourth-order valence-corrected chi connectivity index (χ4v) is 2.78. The third kappa shape index (κ3) is 3.05. The third-order valence-corrected chi connectivity index (χ3v) is 3.83. The van der Waals surface area contributed by atoms with Gasteiger partial charge in [-0.1, -0.05) is 0 Å². The molecule has 0 amide bonds. The summed E-state index contributed by atoms with van der Waals surface area (Å²) in [5.41, 5.74) is 1.73. The molecular weight excluding hydrogens is 276 g/mol. The molecule has 1 unspecified atom stereocenters. The minimum Gasteiger partial charge on any atom is -0.496 e. The molecule has 0 aliphatic rings. The number of hydrogen-bond donors (Lipinski definition) is 1. The van der Waals surface area contributed by atoms with Crippen molar-refractivity contribution in [2.75, 3.05) is 21.3 Å². The van der Waals surface area contributed by atoms with Gasteiger partial charge in [-0.2, -0.15) is 11.3 Å². The van der Waals surface area contributed by atoms with E-state index in [0.717, 1.165) is 5.56 Å². The van der Waals surface area contributed by atoms with Gasteiger partial charge in [0.25, 0.3) is 0 Å². The first-order valence-corrected chi connectivity index (χ1v) is 7.13. The summed E-state index contributed by atoms with van der Waals surface area (Å²) in [6.07, 6.45) is -0.178. The molecule has 2 aromatic rings. The fourth-order valence-electron chi connectivity index (χ4n) is 2.10. The molecule has 1 aromatic heterocycles. The van der Waals surface area contributed by atoms with E-state index in [1.54, 1.807) is 44.8 Å². The number of hydrogen-bond acceptors (Lipinski definition) is 5. The van der Waals surface area contributed by atoms with Gasteiger partial charge in [0.15, 0.2) is 0 Å². The van der Waals surface area contributed by atoms with Crippen LogP contribution in [0.15, 0.2) is 29.0 Å². The Morgan fingerprint density at radius 1 is 1.10 bits per heavy atom. The number of thiophene rings is 1. The van der Waals surface area contributed by atoms with Crippen molar-refractivity contribution in [1.82, 2.24) is 0 Å². The summed E-state index contributed by atoms with van der Waals surface area (Å²) in [4.78, 5) is 0. The quantitative estimate of drug-likeness (QED) is 0.889. The lowest BCUT2D eigenvalue weighted by atomic mass is 10.0. The van der Waals surface area contributed by atoms with Crippen molar-refractivity contribution in [3.63, 3.8) is 0 Å². The Kier molecular flexibility index (Phi) is 4.87. The average molecular weight is 294 g/mol. The van der Waals surface area contributed by atoms with Gasteiger partial charge in [-0.05, 0) is 22.4 Å². The second-order valence-electron chi connectivity index (χ2n) is 4.30. The third-order valence-electron chi connectivity index (χ3n) is 3.10. The highest BCUT2D eigenvalue weighted by atomic mass is 32.1. The second-order valence-corrected chi connectivity index (χ2v) is 5.08. The molecule has 0 bridgehead atoms. The lowest BCUT2D eigenvalue weighted by Crippen LogP contribution is -2.06. The molecule has 0 radical (unpaired) electrons. The summed E-state index contributed by atoms with van der Waals surface area (Å²) in [5.74, 6) is 1.75. The van der Waals surface area contributed by atoms with Crippen LogP contribution in [0.5, 0.6) is 17.2 Å². The minimum atomic E-state index is -0.694. The van der Waals surface area contributed by atoms with Gasteiger partial charge in [0.1, 0.15) is 17.2 Å². The van der Waals surface area contributed by atoms with Gasteiger partial charge >= 0.3 is 0 Å². The van der Waals surface area contributed by atoms with Crippen LogP contribution in [-0.2, 0) is 6.42 Å². The van der Waals surface area contributed by atoms with Gasteiger partial charge in [-0.3, -0.25) is 0 Å². The molecule has 0 aliphatic carbocycles. The predicted octanol–water partition coefficient (Wildman–Crippen LogP) is 3.05. The predicted molar refractivity (Wildman–Crippen MR) is 79.1 cm³/mol. The lowest BCUT2D eigenvalue weighted by molar-refractivity contribution is 0.169. The van der Waals surface area contributed by atoms with E-state index in [9.17, 15) is 5.11 Å². The molecule has 108 valence electrons. The van der Waals surface area contributed by atoms with Crippen molar-refractivity contribution >= 4 is 11.3 Å². The molecule has 0 saturated heterocycles. The molecule has 4 nitrogen and oxygen atoms in total. The Labute approximate surface area is 122 Å². The normalized spacial score (nSPS) is 12.0. The average Bonchev–Trinajstić information content (AvgIpc) is 2.98. The first-order valence-electron chi connectivity index (χ1n) is 6.18. The summed E-state index contributed by atoms with van der Waals surface area (Å²) < 4.78 is 15.9. The molecule has 2 rings (SSSR count). The largest absolute Gasteiger partial charge is 0.496 e. The molecule has 0 fully saturated rings. The monoisotopic (exact) mass is 294 g/mol. The molecule has 20 heavy (non-hydrogen) atoms. The smallest absolute Gasteiger partial charge is 0.132 e. The van der Waals surface area contributed by atoms with Gasteiger partial charge in [-0.15, -0.1) is 0 Å². The lowest BCUT2D eigenvalue weighted by Gasteiger charge is -2.19. The maximum Gasteiger partial charge on any atom is 0.132 e. The first kappa shape index (κ1) is 14.7. The van der Waals surface area contributed by atoms with Crippen LogP contribution in [0.3, 0.4) is 0 Å². The zero-order chi connectivity index (χ0) is 14.5. The zero-order valence-electron chi connectivity index (χ0n) is 11.8. The molecule has 1 heterocycles. The van der Waals surface area contributed by atoms with E-state index in [2.05, 4.69) is 0 Å². The van der Waals surface area contributed by atoms with Crippen LogP contribution < -0.4 is 14.2 Å². The number of benzene rings is 1. The van der Waals surface area contributed by atoms with E-state index in [-0.39, 0.29) is 0 Å². The van der Waals surface area contributed by atoms with E-state index in [0.29, 0.717) is 29.2 Å². The molecule has 0 aliphatic heterocycles. The second kappa shape index (κ2) is 6.63. The summed E-state index contributed by atoms with van der Waals surface area (Å²) >= 11 is 1.61. The Bertz CT molecular complexity index is 526. The summed E-state index contributed by atoms with van der Waals surface area (Å²) in [5, 5.41) is 14.5. The Balaban J connectivity index is 2.37. The van der Waals surface area contributed by atoms with E-state index >= 15 is 0 Å². The van der Waals surface area contributed by atoms with Crippen LogP contribution in [0.2, 0.25) is 0 Å². The maximum atomic E-state index is 10.5. The maximum absolute atomic E-state index is 10.5. The summed E-state index contributed by atoms with van der Waals surface area (Å²) in [6.45, 7) is 0. The molecule has 1 aromatic carbocycles. The van der Waals surface area contributed by atoms with Gasteiger partial charge in [0.2, 0.25) is 0 Å². The van der Waals surface area contributed by atoms with E-state index in [1.807, 2.05) is 16.8 Å². The Hall–Kier alpha value is -1.72. The van der Waals surface area contributed by atoms with Crippen LogP contribution in [0.25, 0.3) is 0 Å². The first-order chi connectivity index (χ1) is 9.69. The van der Waals surface area contributed by atoms with Crippen LogP contribution >= 0.6 is 11.3 Å². The molecular formula is C15H18O4S. The van der Waals surface area contributed by atoms with E-state index in [1.165, 1.54) is 0 Å². The van der Waals surface area contributed by atoms with Crippen LogP contribution in [-0.4, -0.2) is 26.4 Å². The van der Waals surface area contributed by atoms with Gasteiger partial charge in [0, 0.05) is 18.6 Å². The van der Waals surface area contributed by atoms with Crippen molar-refractivity contribution in [2.45, 2.75) is 12.5 Å². The highest BCUT2D eigenvalue weighted by Gasteiger charge is 2.21. The van der Waals surface area contributed by atoms with E-state index < -0.39 is 6.10 Å². The number of ether oxygens (including phenoxy) is 3. The Morgan fingerprint density at radius 3 is 2.20 bits per heavy atom. The molecule has 1 atom stereocenters. The number of aliphatic hydroxyl groups is 1. The standard InChI is InChI=1S/C15H18O4S/c1-17-11-7-13(18-2)15(14(8-11)19-3)12(16)6-10-4-5-20-9-10/h4-5,7-9,12,16H,6H2,1-3H3. The van der Waals surface area contributed by atoms with Crippen LogP contribution in [0.1, 0.15) is 17.2 Å². The number of aliphatic hydroxyl groups excluding tert-OH is 1. The topological polar surface area (TPSA) is 47.9 Å². The van der Waals surface area contributed by atoms with Crippen molar-refractivity contribution in [3.05, 3.63) is 40.1 Å². The molecule has 5 heteroatoms. The highest BCUT2D eigenvalue weighted by molar-refractivity contribution is 7.07. The molecule has 0 saturated carbocycles. The van der Waals surface area contributed by atoms with Crippen molar-refractivity contribution in [2.24, 2.45) is 0 Å². The van der Waals surface area contributed by atoms with Gasteiger partial charge in [-0.25, -0.2) is 0 Å². The zero-order valence-corrected chi connectivity index (χ0v) is 12.6. The summed E-state index contributed by atoms with van der Waals surface area (Å²) in [6, 6.07) is 5.49. The molecule has 0 spiro atoms. The minimum absolute atomic E-state index is 0.516.